The van der Waals surface area contributed by atoms with Gasteiger partial charge in [0.05, 0.1) is 11.8 Å². The molecule has 5 rings (SSSR count). The lowest BCUT2D eigenvalue weighted by molar-refractivity contribution is 0.0734. The number of aromatic amines is 1. The number of fused-ring (bicyclic) bond motifs is 1. The Morgan fingerprint density at radius 1 is 0.897 bits per heavy atom. The Morgan fingerprint density at radius 3 is 2.46 bits per heavy atom. The molecule has 0 radical (unpaired) electrons. The second kappa shape index (κ2) is 11.0. The van der Waals surface area contributed by atoms with Gasteiger partial charge in [-0.25, -0.2) is 10.2 Å². The average Bonchev–Trinajstić information content (AvgIpc) is 3.29. The van der Waals surface area contributed by atoms with Crippen molar-refractivity contribution >= 4 is 40.6 Å². The third-order valence-corrected chi connectivity index (χ3v) is 6.69. The van der Waals surface area contributed by atoms with Crippen LogP contribution in [0.1, 0.15) is 43.1 Å². The molecule has 1 aromatic heterocycles. The molecule has 4 aromatic carbocycles. The number of rotatable bonds is 6. The lowest BCUT2D eigenvalue weighted by atomic mass is 9.99. The highest BCUT2D eigenvalue weighted by Gasteiger charge is 2.22. The van der Waals surface area contributed by atoms with E-state index in [1.807, 2.05) is 51.1 Å². The zero-order valence-corrected chi connectivity index (χ0v) is 22.5. The first-order chi connectivity index (χ1) is 18.8. The van der Waals surface area contributed by atoms with Gasteiger partial charge in [0.2, 0.25) is 0 Å². The fourth-order valence-corrected chi connectivity index (χ4v) is 4.82. The number of amides is 1. The van der Waals surface area contributed by atoms with E-state index in [1.54, 1.807) is 48.5 Å². The van der Waals surface area contributed by atoms with E-state index in [9.17, 15) is 9.59 Å². The third kappa shape index (κ3) is 5.47. The summed E-state index contributed by atoms with van der Waals surface area (Å²) in [5, 5.41) is 5.62. The molecule has 39 heavy (non-hydrogen) atoms. The number of nitrogens with zero attached hydrogens (tertiary/aromatic N) is 1. The van der Waals surface area contributed by atoms with E-state index in [2.05, 4.69) is 21.6 Å². The Bertz CT molecular complexity index is 1750. The van der Waals surface area contributed by atoms with Crippen LogP contribution < -0.4 is 10.2 Å². The molecule has 0 fully saturated rings. The van der Waals surface area contributed by atoms with Gasteiger partial charge in [0.1, 0.15) is 11.4 Å². The molecule has 0 aliphatic rings. The van der Waals surface area contributed by atoms with Crippen LogP contribution >= 0.6 is 11.6 Å². The lowest BCUT2D eigenvalue weighted by Gasteiger charge is -2.08. The summed E-state index contributed by atoms with van der Waals surface area (Å²) in [6, 6.07) is 25.7. The van der Waals surface area contributed by atoms with E-state index in [0.29, 0.717) is 33.2 Å². The summed E-state index contributed by atoms with van der Waals surface area (Å²) in [4.78, 5) is 29.4. The standard InChI is InChI=1S/C32H26ClN3O3/c1-19-9-8-11-22(16-19)32(38)39-27-14-7-4-10-23(27)18-34-36-31(37)30-28(24-12-5-6-13-26(24)33)25-17-20(2)15-21(3)29(25)35-30/h4-18,35H,1-3H3,(H,36,37). The fourth-order valence-electron chi connectivity index (χ4n) is 4.59. The molecule has 0 saturated heterocycles. The summed E-state index contributed by atoms with van der Waals surface area (Å²) >= 11 is 6.55. The van der Waals surface area contributed by atoms with Crippen molar-refractivity contribution in [1.29, 1.82) is 0 Å². The van der Waals surface area contributed by atoms with Gasteiger partial charge in [0, 0.05) is 32.6 Å². The summed E-state index contributed by atoms with van der Waals surface area (Å²) in [7, 11) is 0. The maximum Gasteiger partial charge on any atom is 0.343 e. The molecule has 1 amide bonds. The van der Waals surface area contributed by atoms with Crippen LogP contribution in [0.4, 0.5) is 0 Å². The number of carbonyl (C=O) groups excluding carboxylic acids is 2. The van der Waals surface area contributed by atoms with Crippen molar-refractivity contribution in [3.63, 3.8) is 0 Å². The summed E-state index contributed by atoms with van der Waals surface area (Å²) in [6.45, 7) is 5.92. The number of carbonyl (C=O) groups is 2. The largest absolute Gasteiger partial charge is 0.422 e. The van der Waals surface area contributed by atoms with Gasteiger partial charge in [-0.1, -0.05) is 71.3 Å². The molecule has 0 unspecified atom stereocenters. The molecule has 6 nitrogen and oxygen atoms in total. The van der Waals surface area contributed by atoms with Crippen LogP contribution in [-0.4, -0.2) is 23.1 Å². The monoisotopic (exact) mass is 535 g/mol. The maximum absolute atomic E-state index is 13.4. The second-order valence-corrected chi connectivity index (χ2v) is 9.76. The zero-order chi connectivity index (χ0) is 27.5. The number of hydrogen-bond acceptors (Lipinski definition) is 4. The molecule has 2 N–H and O–H groups in total. The van der Waals surface area contributed by atoms with Gasteiger partial charge in [-0.05, 0) is 62.7 Å². The number of para-hydroxylation sites is 1. The minimum atomic E-state index is -0.475. The summed E-state index contributed by atoms with van der Waals surface area (Å²) in [5.41, 5.74) is 9.32. The minimum Gasteiger partial charge on any atom is -0.422 e. The number of aryl methyl sites for hydroxylation is 3. The van der Waals surface area contributed by atoms with Gasteiger partial charge in [-0.2, -0.15) is 5.10 Å². The molecular formula is C32H26ClN3O3. The Labute approximate surface area is 231 Å². The summed E-state index contributed by atoms with van der Waals surface area (Å²) in [5.74, 6) is -0.573. The lowest BCUT2D eigenvalue weighted by Crippen LogP contribution is -2.19. The van der Waals surface area contributed by atoms with Crippen LogP contribution in [0.15, 0.2) is 90.0 Å². The SMILES string of the molecule is Cc1cccc(C(=O)Oc2ccccc2C=NNC(=O)c2[nH]c3c(C)cc(C)cc3c2-c2ccccc2Cl)c1. The average molecular weight is 536 g/mol. The van der Waals surface area contributed by atoms with Gasteiger partial charge in [-0.15, -0.1) is 0 Å². The number of hydrogen-bond donors (Lipinski definition) is 2. The Balaban J connectivity index is 1.43. The first-order valence-electron chi connectivity index (χ1n) is 12.4. The van der Waals surface area contributed by atoms with Crippen molar-refractivity contribution in [2.24, 2.45) is 5.10 Å². The number of esters is 1. The van der Waals surface area contributed by atoms with Crippen molar-refractivity contribution in [2.45, 2.75) is 20.8 Å². The molecule has 0 aliphatic heterocycles. The molecule has 1 heterocycles. The predicted molar refractivity (Wildman–Crippen MR) is 156 cm³/mol. The van der Waals surface area contributed by atoms with Crippen LogP contribution in [0, 0.1) is 20.8 Å². The normalized spacial score (nSPS) is 11.2. The minimum absolute atomic E-state index is 0.329. The third-order valence-electron chi connectivity index (χ3n) is 6.36. The number of hydrazone groups is 1. The topological polar surface area (TPSA) is 83.5 Å². The van der Waals surface area contributed by atoms with Crippen LogP contribution in [0.5, 0.6) is 5.75 Å². The highest BCUT2D eigenvalue weighted by Crippen LogP contribution is 2.38. The number of nitrogens with one attached hydrogen (secondary N) is 2. The number of H-pyrrole nitrogens is 1. The Morgan fingerprint density at radius 2 is 1.67 bits per heavy atom. The van der Waals surface area contributed by atoms with Gasteiger partial charge in [0.25, 0.3) is 5.91 Å². The summed E-state index contributed by atoms with van der Waals surface area (Å²) in [6.07, 6.45) is 1.45. The van der Waals surface area contributed by atoms with Crippen LogP contribution in [0.3, 0.4) is 0 Å². The Kier molecular flexibility index (Phi) is 7.30. The fraction of sp³-hybridized carbons (Fsp3) is 0.0938. The van der Waals surface area contributed by atoms with E-state index in [-0.39, 0.29) is 0 Å². The predicted octanol–water partition coefficient (Wildman–Crippen LogP) is 7.40. The molecule has 194 valence electrons. The van der Waals surface area contributed by atoms with E-state index in [0.717, 1.165) is 33.2 Å². The van der Waals surface area contributed by atoms with E-state index in [4.69, 9.17) is 16.3 Å². The molecular weight excluding hydrogens is 510 g/mol. The van der Waals surface area contributed by atoms with Crippen LogP contribution in [-0.2, 0) is 0 Å². The highest BCUT2D eigenvalue weighted by atomic mass is 35.5. The molecule has 7 heteroatoms. The number of ether oxygens (including phenoxy) is 1. The molecule has 0 bridgehead atoms. The summed E-state index contributed by atoms with van der Waals surface area (Å²) < 4.78 is 5.62. The van der Waals surface area contributed by atoms with E-state index in [1.165, 1.54) is 6.21 Å². The van der Waals surface area contributed by atoms with Crippen molar-refractivity contribution in [1.82, 2.24) is 10.4 Å². The van der Waals surface area contributed by atoms with Gasteiger partial charge in [-0.3, -0.25) is 4.79 Å². The molecule has 0 saturated carbocycles. The number of benzene rings is 4. The first kappa shape index (κ1) is 25.9. The Hall–Kier alpha value is -4.68. The van der Waals surface area contributed by atoms with Gasteiger partial charge >= 0.3 is 5.97 Å². The van der Waals surface area contributed by atoms with Crippen molar-refractivity contribution in [2.75, 3.05) is 0 Å². The van der Waals surface area contributed by atoms with Crippen molar-refractivity contribution in [3.05, 3.63) is 123 Å². The van der Waals surface area contributed by atoms with Gasteiger partial charge in [0.15, 0.2) is 0 Å². The molecule has 0 atom stereocenters. The van der Waals surface area contributed by atoms with Crippen LogP contribution in [0.2, 0.25) is 5.02 Å². The number of halogens is 1. The zero-order valence-electron chi connectivity index (χ0n) is 21.7. The van der Waals surface area contributed by atoms with Crippen molar-refractivity contribution < 1.29 is 14.3 Å². The highest BCUT2D eigenvalue weighted by molar-refractivity contribution is 6.34. The maximum atomic E-state index is 13.4. The van der Waals surface area contributed by atoms with Crippen LogP contribution in [0.25, 0.3) is 22.0 Å². The van der Waals surface area contributed by atoms with E-state index >= 15 is 0 Å². The first-order valence-corrected chi connectivity index (χ1v) is 12.8. The molecule has 0 aliphatic carbocycles. The molecule has 5 aromatic rings. The molecule has 0 spiro atoms. The smallest absolute Gasteiger partial charge is 0.343 e. The van der Waals surface area contributed by atoms with E-state index < -0.39 is 11.9 Å². The quantitative estimate of drug-likeness (QED) is 0.103. The van der Waals surface area contributed by atoms with Crippen molar-refractivity contribution in [3.8, 4) is 16.9 Å². The number of aromatic nitrogens is 1. The van der Waals surface area contributed by atoms with Gasteiger partial charge < -0.3 is 9.72 Å². The second-order valence-electron chi connectivity index (χ2n) is 9.36.